The number of hydrogen-bond acceptors (Lipinski definition) is 2. The van der Waals surface area contributed by atoms with Crippen molar-refractivity contribution in [2.75, 3.05) is 25.1 Å². The van der Waals surface area contributed by atoms with Crippen molar-refractivity contribution < 1.29 is 0 Å². The molecule has 0 bridgehead atoms. The Hall–Kier alpha value is 0.01000. The number of benzene rings is 1. The van der Waals surface area contributed by atoms with Crippen LogP contribution in [-0.2, 0) is 0 Å². The maximum atomic E-state index is 3.54. The lowest BCUT2D eigenvalue weighted by molar-refractivity contribution is 0.587. The van der Waals surface area contributed by atoms with Crippen molar-refractivity contribution in [3.8, 4) is 0 Å². The fourth-order valence-corrected chi connectivity index (χ4v) is 2.66. The maximum Gasteiger partial charge on any atom is 0.0178 e. The van der Waals surface area contributed by atoms with Crippen molar-refractivity contribution in [1.29, 1.82) is 0 Å². The summed E-state index contributed by atoms with van der Waals surface area (Å²) in [7, 11) is 0. The van der Waals surface area contributed by atoms with Gasteiger partial charge >= 0.3 is 0 Å². The molecule has 0 heterocycles. The average Bonchev–Trinajstić information content (AvgIpc) is 2.29. The molecule has 1 rings (SSSR count). The molecule has 0 radical (unpaired) electrons. The van der Waals surface area contributed by atoms with Gasteiger partial charge in [0.05, 0.1) is 0 Å². The minimum Gasteiger partial charge on any atom is -0.316 e. The lowest BCUT2D eigenvalue weighted by Crippen LogP contribution is -2.21. The molecule has 16 heavy (non-hydrogen) atoms. The van der Waals surface area contributed by atoms with Gasteiger partial charge in [0.25, 0.3) is 0 Å². The molecule has 0 fully saturated rings. The van der Waals surface area contributed by atoms with E-state index in [0.717, 1.165) is 13.1 Å². The van der Waals surface area contributed by atoms with E-state index in [0.29, 0.717) is 5.92 Å². The molecule has 3 heteroatoms. The third-order valence-electron chi connectivity index (χ3n) is 2.63. The first-order valence-corrected chi connectivity index (χ1v) is 7.91. The van der Waals surface area contributed by atoms with Crippen molar-refractivity contribution in [3.05, 3.63) is 34.3 Å². The van der Waals surface area contributed by atoms with E-state index in [2.05, 4.69) is 58.7 Å². The van der Waals surface area contributed by atoms with Gasteiger partial charge in [0.15, 0.2) is 0 Å². The van der Waals surface area contributed by atoms with Crippen molar-refractivity contribution in [2.45, 2.75) is 19.3 Å². The quantitative estimate of drug-likeness (QED) is 0.820. The van der Waals surface area contributed by atoms with E-state index in [1.165, 1.54) is 22.2 Å². The van der Waals surface area contributed by atoms with Crippen molar-refractivity contribution in [3.63, 3.8) is 0 Å². The molecule has 1 aromatic carbocycles. The number of hydrogen-bond donors (Lipinski definition) is 1. The van der Waals surface area contributed by atoms with Crippen LogP contribution in [0.15, 0.2) is 28.7 Å². The first kappa shape index (κ1) is 14.1. The van der Waals surface area contributed by atoms with Gasteiger partial charge < -0.3 is 5.32 Å². The number of nitrogens with one attached hydrogen (secondary N) is 1. The second kappa shape index (κ2) is 8.15. The molecule has 0 saturated carbocycles. The van der Waals surface area contributed by atoms with Crippen molar-refractivity contribution in [2.24, 2.45) is 0 Å². The van der Waals surface area contributed by atoms with Crippen LogP contribution in [0.1, 0.15) is 24.8 Å². The average molecular weight is 302 g/mol. The van der Waals surface area contributed by atoms with Gasteiger partial charge in [-0.25, -0.2) is 0 Å². The molecule has 1 N–H and O–H groups in total. The van der Waals surface area contributed by atoms with Crippen LogP contribution < -0.4 is 5.32 Å². The molecule has 0 saturated heterocycles. The Balaban J connectivity index is 2.66. The zero-order chi connectivity index (χ0) is 11.8. The van der Waals surface area contributed by atoms with E-state index in [-0.39, 0.29) is 0 Å². The van der Waals surface area contributed by atoms with Crippen LogP contribution in [0.4, 0.5) is 0 Å². The standard InChI is InChI=1S/C13H20BrNS/c1-3-15-10-12(7-8-16-2)11-5-4-6-13(14)9-11/h4-6,9,12,15H,3,7-8,10H2,1-2H3. The highest BCUT2D eigenvalue weighted by Gasteiger charge is 2.10. The van der Waals surface area contributed by atoms with Crippen LogP contribution >= 0.6 is 27.7 Å². The summed E-state index contributed by atoms with van der Waals surface area (Å²) in [5.41, 5.74) is 1.43. The van der Waals surface area contributed by atoms with Crippen LogP contribution in [0.5, 0.6) is 0 Å². The summed E-state index contributed by atoms with van der Waals surface area (Å²) >= 11 is 5.46. The largest absolute Gasteiger partial charge is 0.316 e. The Morgan fingerprint density at radius 2 is 2.25 bits per heavy atom. The molecular formula is C13H20BrNS. The third kappa shape index (κ3) is 4.89. The summed E-state index contributed by atoms with van der Waals surface area (Å²) in [6.07, 6.45) is 3.41. The lowest BCUT2D eigenvalue weighted by Gasteiger charge is -2.17. The van der Waals surface area contributed by atoms with Crippen molar-refractivity contribution >= 4 is 27.7 Å². The smallest absolute Gasteiger partial charge is 0.0178 e. The van der Waals surface area contributed by atoms with Crippen LogP contribution in [0.2, 0.25) is 0 Å². The molecule has 0 aliphatic heterocycles. The summed E-state index contributed by atoms with van der Waals surface area (Å²) in [5.74, 6) is 1.85. The highest BCUT2D eigenvalue weighted by molar-refractivity contribution is 9.10. The Morgan fingerprint density at radius 3 is 2.88 bits per heavy atom. The van der Waals surface area contributed by atoms with Crippen LogP contribution in [0, 0.1) is 0 Å². The first-order chi connectivity index (χ1) is 7.77. The molecular weight excluding hydrogens is 282 g/mol. The highest BCUT2D eigenvalue weighted by atomic mass is 79.9. The van der Waals surface area contributed by atoms with E-state index in [1.54, 1.807) is 0 Å². The lowest BCUT2D eigenvalue weighted by atomic mass is 9.96. The Kier molecular flexibility index (Phi) is 7.17. The summed E-state index contributed by atoms with van der Waals surface area (Å²) in [6.45, 7) is 4.28. The Labute approximate surface area is 112 Å². The zero-order valence-electron chi connectivity index (χ0n) is 10.0. The van der Waals surface area contributed by atoms with Gasteiger partial charge in [-0.3, -0.25) is 0 Å². The van der Waals surface area contributed by atoms with E-state index in [9.17, 15) is 0 Å². The molecule has 0 spiro atoms. The zero-order valence-corrected chi connectivity index (χ0v) is 12.4. The van der Waals surface area contributed by atoms with Gasteiger partial charge in [0, 0.05) is 11.0 Å². The third-order valence-corrected chi connectivity index (χ3v) is 3.77. The fraction of sp³-hybridized carbons (Fsp3) is 0.538. The Bertz CT molecular complexity index is 296. The van der Waals surface area contributed by atoms with Gasteiger partial charge in [-0.15, -0.1) is 0 Å². The van der Waals surface area contributed by atoms with Gasteiger partial charge in [-0.05, 0) is 48.6 Å². The van der Waals surface area contributed by atoms with Crippen LogP contribution in [0.3, 0.4) is 0 Å². The topological polar surface area (TPSA) is 12.0 Å². The summed E-state index contributed by atoms with van der Waals surface area (Å²) in [5, 5.41) is 3.45. The van der Waals surface area contributed by atoms with E-state index in [1.807, 2.05) is 11.8 Å². The minimum atomic E-state index is 0.630. The number of likely N-dealkylation sites (N-methyl/N-ethyl adjacent to an activating group) is 1. The predicted octanol–water partition coefficient (Wildman–Crippen LogP) is 3.90. The molecule has 0 amide bonds. The molecule has 1 nitrogen and oxygen atoms in total. The van der Waals surface area contributed by atoms with Gasteiger partial charge in [-0.1, -0.05) is 35.0 Å². The number of rotatable bonds is 7. The van der Waals surface area contributed by atoms with E-state index < -0.39 is 0 Å². The van der Waals surface area contributed by atoms with E-state index >= 15 is 0 Å². The van der Waals surface area contributed by atoms with Gasteiger partial charge in [0.1, 0.15) is 0 Å². The molecule has 1 unspecified atom stereocenters. The normalized spacial score (nSPS) is 12.7. The number of thioether (sulfide) groups is 1. The van der Waals surface area contributed by atoms with Gasteiger partial charge in [0.2, 0.25) is 0 Å². The number of halogens is 1. The highest BCUT2D eigenvalue weighted by Crippen LogP contribution is 2.23. The SMILES string of the molecule is CCNCC(CCSC)c1cccc(Br)c1. The first-order valence-electron chi connectivity index (χ1n) is 5.73. The molecule has 0 aliphatic carbocycles. The molecule has 90 valence electrons. The molecule has 0 aliphatic rings. The molecule has 1 atom stereocenters. The predicted molar refractivity (Wildman–Crippen MR) is 78.4 cm³/mol. The van der Waals surface area contributed by atoms with Gasteiger partial charge in [-0.2, -0.15) is 11.8 Å². The van der Waals surface area contributed by atoms with Crippen molar-refractivity contribution in [1.82, 2.24) is 5.32 Å². The minimum absolute atomic E-state index is 0.630. The van der Waals surface area contributed by atoms with Crippen LogP contribution in [-0.4, -0.2) is 25.1 Å². The summed E-state index contributed by atoms with van der Waals surface area (Å²) in [6, 6.07) is 8.68. The monoisotopic (exact) mass is 301 g/mol. The molecule has 1 aromatic rings. The second-order valence-electron chi connectivity index (χ2n) is 3.84. The Morgan fingerprint density at radius 1 is 1.44 bits per heavy atom. The summed E-state index contributed by atoms with van der Waals surface area (Å²) in [4.78, 5) is 0. The van der Waals surface area contributed by atoms with Crippen LogP contribution in [0.25, 0.3) is 0 Å². The maximum absolute atomic E-state index is 3.54. The van der Waals surface area contributed by atoms with E-state index in [4.69, 9.17) is 0 Å². The second-order valence-corrected chi connectivity index (χ2v) is 5.74. The molecule has 0 aromatic heterocycles. The summed E-state index contributed by atoms with van der Waals surface area (Å²) < 4.78 is 1.18. The fourth-order valence-electron chi connectivity index (χ4n) is 1.73.